The molecule has 0 amide bonds. The van der Waals surface area contributed by atoms with Crippen molar-refractivity contribution in [2.45, 2.75) is 52.1 Å². The summed E-state index contributed by atoms with van der Waals surface area (Å²) < 4.78 is 4.85. The molecule has 0 rings (SSSR count). The topological polar surface area (TPSA) is 46.5 Å². The number of carbonyl (C=O) groups is 1. The molecule has 3 heteroatoms. The molecule has 78 valence electrons. The first kappa shape index (κ1) is 12.4. The number of hydrogen-bond acceptors (Lipinski definition) is 3. The lowest BCUT2D eigenvalue weighted by Crippen LogP contribution is -2.23. The Hall–Kier alpha value is -0.570. The second-order valence-corrected chi connectivity index (χ2v) is 3.18. The summed E-state index contributed by atoms with van der Waals surface area (Å²) in [7, 11) is 0. The minimum absolute atomic E-state index is 0.429. The highest BCUT2D eigenvalue weighted by Gasteiger charge is 2.14. The molecule has 0 bridgehead atoms. The van der Waals surface area contributed by atoms with Gasteiger partial charge in [-0.2, -0.15) is 0 Å². The monoisotopic (exact) mass is 188 g/mol. The van der Waals surface area contributed by atoms with Crippen LogP contribution in [0.15, 0.2) is 0 Å². The van der Waals surface area contributed by atoms with Gasteiger partial charge in [0.05, 0.1) is 6.61 Å². The molecule has 0 saturated carbocycles. The molecule has 0 aliphatic heterocycles. The maximum atomic E-state index is 11.1. The Morgan fingerprint density at radius 1 is 1.31 bits per heavy atom. The Bertz CT molecular complexity index is 134. The molecule has 0 aromatic rings. The zero-order valence-electron chi connectivity index (χ0n) is 8.58. The van der Waals surface area contributed by atoms with E-state index in [1.54, 1.807) is 0 Å². The van der Waals surface area contributed by atoms with E-state index in [2.05, 4.69) is 0 Å². The van der Waals surface area contributed by atoms with Crippen molar-refractivity contribution >= 4 is 5.97 Å². The lowest BCUT2D eigenvalue weighted by molar-refractivity contribution is -0.154. The highest BCUT2D eigenvalue weighted by Crippen LogP contribution is 2.02. The van der Waals surface area contributed by atoms with Crippen LogP contribution >= 0.6 is 0 Å². The standard InChI is InChI=1S/C10H20O3/c1-3-5-7-9(11)10(12)13-8-6-4-2/h9,11H,3-8H2,1-2H3/t9-/m0/s1. The summed E-state index contributed by atoms with van der Waals surface area (Å²) in [4.78, 5) is 11.1. The molecular formula is C10H20O3. The van der Waals surface area contributed by atoms with E-state index in [4.69, 9.17) is 4.74 Å². The molecule has 0 aliphatic rings. The van der Waals surface area contributed by atoms with Gasteiger partial charge < -0.3 is 9.84 Å². The van der Waals surface area contributed by atoms with E-state index in [0.29, 0.717) is 13.0 Å². The van der Waals surface area contributed by atoms with Crippen molar-refractivity contribution in [3.63, 3.8) is 0 Å². The summed E-state index contributed by atoms with van der Waals surface area (Å²) in [6.07, 6.45) is 3.31. The Balaban J connectivity index is 3.45. The molecule has 0 radical (unpaired) electrons. The van der Waals surface area contributed by atoms with Gasteiger partial charge >= 0.3 is 5.97 Å². The molecule has 0 saturated heterocycles. The molecule has 0 aromatic heterocycles. The van der Waals surface area contributed by atoms with Crippen molar-refractivity contribution in [2.75, 3.05) is 6.61 Å². The zero-order valence-corrected chi connectivity index (χ0v) is 8.58. The molecule has 0 unspecified atom stereocenters. The van der Waals surface area contributed by atoms with Crippen LogP contribution in [0.3, 0.4) is 0 Å². The van der Waals surface area contributed by atoms with Crippen molar-refractivity contribution in [1.29, 1.82) is 0 Å². The quantitative estimate of drug-likeness (QED) is 0.490. The number of unbranched alkanes of at least 4 members (excludes halogenated alkanes) is 2. The summed E-state index contributed by atoms with van der Waals surface area (Å²) >= 11 is 0. The van der Waals surface area contributed by atoms with E-state index in [1.165, 1.54) is 0 Å². The first-order valence-electron chi connectivity index (χ1n) is 5.07. The Morgan fingerprint density at radius 3 is 2.46 bits per heavy atom. The fraction of sp³-hybridized carbons (Fsp3) is 0.900. The van der Waals surface area contributed by atoms with Crippen molar-refractivity contribution in [3.8, 4) is 0 Å². The van der Waals surface area contributed by atoms with Gasteiger partial charge in [-0.1, -0.05) is 33.1 Å². The van der Waals surface area contributed by atoms with Crippen molar-refractivity contribution in [1.82, 2.24) is 0 Å². The van der Waals surface area contributed by atoms with Crippen LogP contribution in [0.25, 0.3) is 0 Å². The number of aliphatic hydroxyl groups excluding tert-OH is 1. The molecule has 0 heterocycles. The van der Waals surface area contributed by atoms with E-state index in [9.17, 15) is 9.90 Å². The van der Waals surface area contributed by atoms with Crippen LogP contribution in [0.4, 0.5) is 0 Å². The summed E-state index contributed by atoms with van der Waals surface area (Å²) in [6, 6.07) is 0. The summed E-state index contributed by atoms with van der Waals surface area (Å²) in [5.41, 5.74) is 0. The predicted octanol–water partition coefficient (Wildman–Crippen LogP) is 1.88. The number of aliphatic hydroxyl groups is 1. The SMILES string of the molecule is CCCCOC(=O)[C@@H](O)CCCC. The maximum Gasteiger partial charge on any atom is 0.334 e. The van der Waals surface area contributed by atoms with Crippen LogP contribution in [0, 0.1) is 0 Å². The third kappa shape index (κ3) is 6.58. The van der Waals surface area contributed by atoms with Crippen LogP contribution in [0.5, 0.6) is 0 Å². The second kappa shape index (κ2) is 8.05. The molecule has 0 spiro atoms. The fourth-order valence-electron chi connectivity index (χ4n) is 0.929. The molecule has 0 aromatic carbocycles. The molecule has 13 heavy (non-hydrogen) atoms. The van der Waals surface area contributed by atoms with Gasteiger partial charge in [-0.05, 0) is 12.8 Å². The van der Waals surface area contributed by atoms with E-state index >= 15 is 0 Å². The minimum atomic E-state index is -0.920. The summed E-state index contributed by atoms with van der Waals surface area (Å²) in [5.74, 6) is -0.470. The van der Waals surface area contributed by atoms with E-state index < -0.39 is 12.1 Å². The minimum Gasteiger partial charge on any atom is -0.464 e. The van der Waals surface area contributed by atoms with Crippen LogP contribution in [-0.2, 0) is 9.53 Å². The second-order valence-electron chi connectivity index (χ2n) is 3.18. The van der Waals surface area contributed by atoms with Crippen molar-refractivity contribution in [3.05, 3.63) is 0 Å². The average molecular weight is 188 g/mol. The number of esters is 1. The first-order valence-corrected chi connectivity index (χ1v) is 5.07. The summed E-state index contributed by atoms with van der Waals surface area (Å²) in [6.45, 7) is 4.48. The zero-order chi connectivity index (χ0) is 10.1. The molecule has 1 atom stereocenters. The van der Waals surface area contributed by atoms with E-state index in [-0.39, 0.29) is 0 Å². The third-order valence-electron chi connectivity index (χ3n) is 1.85. The normalized spacial score (nSPS) is 12.5. The number of rotatable bonds is 7. The van der Waals surface area contributed by atoms with Gasteiger partial charge in [0.1, 0.15) is 0 Å². The predicted molar refractivity (Wildman–Crippen MR) is 51.4 cm³/mol. The van der Waals surface area contributed by atoms with Gasteiger partial charge in [0.15, 0.2) is 6.10 Å². The van der Waals surface area contributed by atoms with Crippen LogP contribution in [0.2, 0.25) is 0 Å². The largest absolute Gasteiger partial charge is 0.464 e. The highest BCUT2D eigenvalue weighted by atomic mass is 16.5. The maximum absolute atomic E-state index is 11.1. The van der Waals surface area contributed by atoms with Gasteiger partial charge in [-0.25, -0.2) is 4.79 Å². The molecule has 0 aliphatic carbocycles. The van der Waals surface area contributed by atoms with Gasteiger partial charge in [0.2, 0.25) is 0 Å². The third-order valence-corrected chi connectivity index (χ3v) is 1.85. The van der Waals surface area contributed by atoms with Crippen LogP contribution in [-0.4, -0.2) is 23.8 Å². The lowest BCUT2D eigenvalue weighted by Gasteiger charge is -2.09. The number of ether oxygens (including phenoxy) is 1. The van der Waals surface area contributed by atoms with E-state index in [0.717, 1.165) is 25.7 Å². The van der Waals surface area contributed by atoms with E-state index in [1.807, 2.05) is 13.8 Å². The number of hydrogen-bond donors (Lipinski definition) is 1. The summed E-state index contributed by atoms with van der Waals surface area (Å²) in [5, 5.41) is 9.27. The van der Waals surface area contributed by atoms with Gasteiger partial charge in [0, 0.05) is 0 Å². The number of carbonyl (C=O) groups excluding carboxylic acids is 1. The van der Waals surface area contributed by atoms with Gasteiger partial charge in [-0.15, -0.1) is 0 Å². The molecule has 3 nitrogen and oxygen atoms in total. The Morgan fingerprint density at radius 2 is 1.92 bits per heavy atom. The Labute approximate surface area is 80.1 Å². The van der Waals surface area contributed by atoms with Gasteiger partial charge in [-0.3, -0.25) is 0 Å². The van der Waals surface area contributed by atoms with Gasteiger partial charge in [0.25, 0.3) is 0 Å². The lowest BCUT2D eigenvalue weighted by atomic mass is 10.2. The molecule has 1 N–H and O–H groups in total. The van der Waals surface area contributed by atoms with Crippen molar-refractivity contribution in [2.24, 2.45) is 0 Å². The fourth-order valence-corrected chi connectivity index (χ4v) is 0.929. The Kier molecular flexibility index (Phi) is 7.69. The van der Waals surface area contributed by atoms with Crippen LogP contribution in [0.1, 0.15) is 46.0 Å². The smallest absolute Gasteiger partial charge is 0.334 e. The van der Waals surface area contributed by atoms with Crippen LogP contribution < -0.4 is 0 Å². The molecular weight excluding hydrogens is 168 g/mol. The first-order chi connectivity index (χ1) is 6.22. The average Bonchev–Trinajstić information content (AvgIpc) is 2.14. The highest BCUT2D eigenvalue weighted by molar-refractivity contribution is 5.74. The molecule has 0 fully saturated rings. The van der Waals surface area contributed by atoms with Crippen molar-refractivity contribution < 1.29 is 14.6 Å².